The smallest absolute Gasteiger partial charge is 0.309 e. The van der Waals surface area contributed by atoms with Gasteiger partial charge in [0.15, 0.2) is 5.96 Å². The molecule has 1 aliphatic heterocycles. The summed E-state index contributed by atoms with van der Waals surface area (Å²) in [4.78, 5) is 34.5. The molecular formula is C19H29N5O3. The van der Waals surface area contributed by atoms with Crippen LogP contribution in [0.5, 0.6) is 0 Å². The molecule has 2 heterocycles. The number of piperidine rings is 1. The van der Waals surface area contributed by atoms with Crippen molar-refractivity contribution in [3.8, 4) is 0 Å². The molecule has 0 aliphatic carbocycles. The Labute approximate surface area is 160 Å². The molecule has 1 saturated heterocycles. The molecule has 2 N–H and O–H groups in total. The number of likely N-dealkylation sites (tertiary alicyclic amines) is 1. The van der Waals surface area contributed by atoms with Gasteiger partial charge in [0.05, 0.1) is 12.5 Å². The molecule has 0 bridgehead atoms. The maximum Gasteiger partial charge on any atom is 0.309 e. The first kappa shape index (κ1) is 20.7. The number of carbonyl (C=O) groups excluding carboxylic acids is 2. The van der Waals surface area contributed by atoms with Crippen molar-refractivity contribution in [3.63, 3.8) is 0 Å². The van der Waals surface area contributed by atoms with Crippen molar-refractivity contribution < 1.29 is 14.3 Å². The number of aliphatic imine (C=N–C) groups is 1. The molecule has 1 aromatic rings. The molecule has 1 fully saturated rings. The molecule has 8 nitrogen and oxygen atoms in total. The van der Waals surface area contributed by atoms with E-state index < -0.39 is 0 Å². The van der Waals surface area contributed by atoms with Crippen LogP contribution in [0.2, 0.25) is 0 Å². The van der Waals surface area contributed by atoms with Gasteiger partial charge in [-0.25, -0.2) is 4.98 Å². The summed E-state index contributed by atoms with van der Waals surface area (Å²) in [6.45, 7) is 6.08. The number of amides is 1. The number of anilines is 1. The van der Waals surface area contributed by atoms with Crippen LogP contribution < -0.4 is 10.6 Å². The number of carbonyl (C=O) groups is 2. The summed E-state index contributed by atoms with van der Waals surface area (Å²) in [5.74, 6) is 1.06. The number of aryl methyl sites for hydroxylation is 1. The summed E-state index contributed by atoms with van der Waals surface area (Å²) in [5.41, 5.74) is 0.859. The minimum atomic E-state index is -0.110. The zero-order valence-electron chi connectivity index (χ0n) is 16.3. The van der Waals surface area contributed by atoms with Gasteiger partial charge in [-0.15, -0.1) is 0 Å². The van der Waals surface area contributed by atoms with Crippen LogP contribution in [0.25, 0.3) is 0 Å². The number of hydrogen-bond acceptors (Lipinski definition) is 5. The Morgan fingerprint density at radius 1 is 1.33 bits per heavy atom. The first-order valence-electron chi connectivity index (χ1n) is 9.39. The average molecular weight is 375 g/mol. The third-order valence-electron chi connectivity index (χ3n) is 4.42. The zero-order valence-corrected chi connectivity index (χ0v) is 16.3. The van der Waals surface area contributed by atoms with Crippen LogP contribution in [0.3, 0.4) is 0 Å². The minimum absolute atomic E-state index is 0.0353. The SMILES string of the molecule is CCOC(=O)C1CCN(C(=NC)NCCC(=O)Nc2cccc(C)n2)CC1. The van der Waals surface area contributed by atoms with Crippen LogP contribution in [0.15, 0.2) is 23.2 Å². The molecule has 27 heavy (non-hydrogen) atoms. The van der Waals surface area contributed by atoms with Crippen molar-refractivity contribution >= 4 is 23.7 Å². The summed E-state index contributed by atoms with van der Waals surface area (Å²) in [7, 11) is 1.72. The van der Waals surface area contributed by atoms with E-state index in [-0.39, 0.29) is 17.8 Å². The number of esters is 1. The van der Waals surface area contributed by atoms with Crippen molar-refractivity contribution in [2.75, 3.05) is 38.6 Å². The number of nitrogens with one attached hydrogen (secondary N) is 2. The van der Waals surface area contributed by atoms with Crippen molar-refractivity contribution in [2.24, 2.45) is 10.9 Å². The second kappa shape index (κ2) is 10.5. The predicted molar refractivity (Wildman–Crippen MR) is 105 cm³/mol. The van der Waals surface area contributed by atoms with E-state index >= 15 is 0 Å². The van der Waals surface area contributed by atoms with E-state index in [1.165, 1.54) is 0 Å². The van der Waals surface area contributed by atoms with Gasteiger partial charge < -0.3 is 20.3 Å². The lowest BCUT2D eigenvalue weighted by Gasteiger charge is -2.33. The van der Waals surface area contributed by atoms with Crippen molar-refractivity contribution in [1.82, 2.24) is 15.2 Å². The maximum atomic E-state index is 12.1. The normalized spacial score (nSPS) is 15.4. The highest BCUT2D eigenvalue weighted by Crippen LogP contribution is 2.18. The molecule has 1 aromatic heterocycles. The fourth-order valence-corrected chi connectivity index (χ4v) is 3.03. The van der Waals surface area contributed by atoms with Gasteiger partial charge in [-0.3, -0.25) is 14.6 Å². The van der Waals surface area contributed by atoms with Crippen molar-refractivity contribution in [2.45, 2.75) is 33.1 Å². The largest absolute Gasteiger partial charge is 0.466 e. The van der Waals surface area contributed by atoms with E-state index in [0.717, 1.165) is 37.6 Å². The summed E-state index contributed by atoms with van der Waals surface area (Å²) in [6, 6.07) is 5.51. The number of aromatic nitrogens is 1. The van der Waals surface area contributed by atoms with Gasteiger partial charge in [-0.1, -0.05) is 6.07 Å². The van der Waals surface area contributed by atoms with E-state index in [1.807, 2.05) is 26.0 Å². The van der Waals surface area contributed by atoms with Crippen LogP contribution in [0.4, 0.5) is 5.82 Å². The number of nitrogens with zero attached hydrogens (tertiary/aromatic N) is 3. The van der Waals surface area contributed by atoms with E-state index in [1.54, 1.807) is 13.1 Å². The van der Waals surface area contributed by atoms with Crippen molar-refractivity contribution in [3.05, 3.63) is 23.9 Å². The standard InChI is InChI=1S/C19H29N5O3/c1-4-27-18(26)15-9-12-24(13-10-15)19(20-3)21-11-8-17(25)23-16-7-5-6-14(2)22-16/h5-7,15H,4,8-13H2,1-3H3,(H,20,21)(H,22,23,25). The number of ether oxygens (including phenoxy) is 1. The van der Waals surface area contributed by atoms with E-state index in [4.69, 9.17) is 4.74 Å². The number of hydrogen-bond donors (Lipinski definition) is 2. The molecule has 0 aromatic carbocycles. The van der Waals surface area contributed by atoms with Crippen LogP contribution in [-0.2, 0) is 14.3 Å². The summed E-state index contributed by atoms with van der Waals surface area (Å²) < 4.78 is 5.10. The van der Waals surface area contributed by atoms with Crippen molar-refractivity contribution in [1.29, 1.82) is 0 Å². The first-order chi connectivity index (χ1) is 13.0. The Balaban J connectivity index is 1.73. The van der Waals surface area contributed by atoms with E-state index in [9.17, 15) is 9.59 Å². The molecule has 148 valence electrons. The lowest BCUT2D eigenvalue weighted by molar-refractivity contribution is -0.149. The van der Waals surface area contributed by atoms with E-state index in [0.29, 0.717) is 25.4 Å². The Morgan fingerprint density at radius 2 is 2.07 bits per heavy atom. The Kier molecular flexibility index (Phi) is 8.03. The average Bonchev–Trinajstić information content (AvgIpc) is 2.66. The third kappa shape index (κ3) is 6.54. The molecule has 0 atom stereocenters. The number of guanidine groups is 1. The lowest BCUT2D eigenvalue weighted by atomic mass is 9.97. The molecule has 1 aliphatic rings. The van der Waals surface area contributed by atoms with Crippen LogP contribution in [-0.4, -0.2) is 61.0 Å². The fraction of sp³-hybridized carbons (Fsp3) is 0.579. The Morgan fingerprint density at radius 3 is 2.70 bits per heavy atom. The van der Waals surface area contributed by atoms with Gasteiger partial charge in [0.2, 0.25) is 5.91 Å². The molecule has 0 unspecified atom stereocenters. The van der Waals surface area contributed by atoms with Gasteiger partial charge in [0.1, 0.15) is 5.82 Å². The summed E-state index contributed by atoms with van der Waals surface area (Å²) in [5, 5.41) is 6.00. The zero-order chi connectivity index (χ0) is 19.6. The highest BCUT2D eigenvalue weighted by atomic mass is 16.5. The van der Waals surface area contributed by atoms with Gasteiger partial charge in [0.25, 0.3) is 0 Å². The minimum Gasteiger partial charge on any atom is -0.466 e. The van der Waals surface area contributed by atoms with Gasteiger partial charge in [0, 0.05) is 38.8 Å². The topological polar surface area (TPSA) is 95.9 Å². The molecule has 2 rings (SSSR count). The monoisotopic (exact) mass is 375 g/mol. The summed E-state index contributed by atoms with van der Waals surface area (Å²) >= 11 is 0. The third-order valence-corrected chi connectivity index (χ3v) is 4.42. The van der Waals surface area contributed by atoms with Gasteiger partial charge >= 0.3 is 5.97 Å². The second-order valence-electron chi connectivity index (χ2n) is 6.45. The van der Waals surface area contributed by atoms with Crippen LogP contribution in [0, 0.1) is 12.8 Å². The molecule has 1 amide bonds. The highest BCUT2D eigenvalue weighted by molar-refractivity contribution is 5.90. The maximum absolute atomic E-state index is 12.1. The highest BCUT2D eigenvalue weighted by Gasteiger charge is 2.27. The molecule has 8 heteroatoms. The van der Waals surface area contributed by atoms with Crippen LogP contribution in [0.1, 0.15) is 31.9 Å². The number of pyridine rings is 1. The molecule has 0 spiro atoms. The molecular weight excluding hydrogens is 346 g/mol. The fourth-order valence-electron chi connectivity index (χ4n) is 3.03. The van der Waals surface area contributed by atoms with Gasteiger partial charge in [-0.2, -0.15) is 0 Å². The number of rotatable bonds is 6. The predicted octanol–water partition coefficient (Wildman–Crippen LogP) is 1.57. The second-order valence-corrected chi connectivity index (χ2v) is 6.45. The first-order valence-corrected chi connectivity index (χ1v) is 9.39. The summed E-state index contributed by atoms with van der Waals surface area (Å²) in [6.07, 6.45) is 1.81. The molecule has 0 radical (unpaired) electrons. The Bertz CT molecular complexity index is 669. The Hall–Kier alpha value is -2.64. The quantitative estimate of drug-likeness (QED) is 0.445. The molecule has 0 saturated carbocycles. The van der Waals surface area contributed by atoms with Gasteiger partial charge in [-0.05, 0) is 38.8 Å². The van der Waals surface area contributed by atoms with Crippen LogP contribution >= 0.6 is 0 Å². The lowest BCUT2D eigenvalue weighted by Crippen LogP contribution is -2.47. The van der Waals surface area contributed by atoms with E-state index in [2.05, 4.69) is 25.5 Å².